The number of aryl methyl sites for hydroxylation is 2. The maximum Gasteiger partial charge on any atom is 0.265 e. The first-order chi connectivity index (χ1) is 18.0. The number of hydrogen-bond donors (Lipinski definition) is 2. The van der Waals surface area contributed by atoms with E-state index >= 15 is 0 Å². The summed E-state index contributed by atoms with van der Waals surface area (Å²) in [5.74, 6) is 1.00. The lowest BCUT2D eigenvalue weighted by molar-refractivity contribution is 0.102. The summed E-state index contributed by atoms with van der Waals surface area (Å²) in [5.41, 5.74) is 3.62. The van der Waals surface area contributed by atoms with Crippen molar-refractivity contribution in [3.05, 3.63) is 72.3 Å². The molecule has 10 nitrogen and oxygen atoms in total. The van der Waals surface area contributed by atoms with Crippen molar-refractivity contribution in [3.63, 3.8) is 0 Å². The quantitative estimate of drug-likeness (QED) is 0.369. The summed E-state index contributed by atoms with van der Waals surface area (Å²) in [7, 11) is 3.87. The molecule has 1 amide bonds. The SMILES string of the molecule is CN[C@H]1CCN(c2ccc(C(=O)Nc3cn4cc(C)nc4c(Oc4ccccc4)n3)c3nn(C)cc23)C1. The standard InChI is InChI=1S/C27H28N8O2/c1-17-13-35-16-23(31-27(25(35)29-17)37-19-7-5-4-6-8-19)30-26(36)20-9-10-22(21-15-33(3)32-24(20)21)34-12-11-18(14-34)28-2/h4-10,13,15-16,18,28H,11-12,14H2,1-3H3,(H,30,36)/t18-/m0/s1. The number of likely N-dealkylation sites (N-methyl/N-ethyl adjacent to an activating group) is 1. The molecule has 6 rings (SSSR count). The third-order valence-electron chi connectivity index (χ3n) is 6.68. The van der Waals surface area contributed by atoms with Crippen LogP contribution in [0, 0.1) is 6.92 Å². The van der Waals surface area contributed by atoms with Crippen molar-refractivity contribution >= 4 is 34.0 Å². The van der Waals surface area contributed by atoms with E-state index in [0.717, 1.165) is 36.3 Å². The molecule has 0 radical (unpaired) electrons. The number of carbonyl (C=O) groups is 1. The molecule has 1 saturated heterocycles. The summed E-state index contributed by atoms with van der Waals surface area (Å²) < 4.78 is 9.58. The van der Waals surface area contributed by atoms with Crippen LogP contribution < -0.4 is 20.3 Å². The van der Waals surface area contributed by atoms with E-state index in [1.165, 1.54) is 0 Å². The molecule has 37 heavy (non-hydrogen) atoms. The molecule has 0 unspecified atom stereocenters. The van der Waals surface area contributed by atoms with Gasteiger partial charge in [-0.05, 0) is 44.7 Å². The first-order valence-electron chi connectivity index (χ1n) is 12.3. The van der Waals surface area contributed by atoms with Crippen LogP contribution in [0.3, 0.4) is 0 Å². The molecule has 0 aliphatic carbocycles. The lowest BCUT2D eigenvalue weighted by Crippen LogP contribution is -2.29. The van der Waals surface area contributed by atoms with Crippen LogP contribution in [0.25, 0.3) is 16.6 Å². The fourth-order valence-corrected chi connectivity index (χ4v) is 4.88. The Labute approximate surface area is 213 Å². The summed E-state index contributed by atoms with van der Waals surface area (Å²) in [5, 5.41) is 11.9. The minimum atomic E-state index is -0.292. The van der Waals surface area contributed by atoms with Gasteiger partial charge in [0.1, 0.15) is 11.3 Å². The first-order valence-corrected chi connectivity index (χ1v) is 12.3. The number of fused-ring (bicyclic) bond motifs is 2. The van der Waals surface area contributed by atoms with Crippen LogP contribution in [0.4, 0.5) is 11.5 Å². The second-order valence-corrected chi connectivity index (χ2v) is 9.33. The van der Waals surface area contributed by atoms with Crippen molar-refractivity contribution in [2.24, 2.45) is 7.05 Å². The van der Waals surface area contributed by atoms with Crippen LogP contribution in [0.15, 0.2) is 61.1 Å². The van der Waals surface area contributed by atoms with Crippen LogP contribution >= 0.6 is 0 Å². The summed E-state index contributed by atoms with van der Waals surface area (Å²) in [6.45, 7) is 3.78. The predicted octanol–water partition coefficient (Wildman–Crippen LogP) is 3.77. The molecule has 0 bridgehead atoms. The van der Waals surface area contributed by atoms with E-state index in [1.807, 2.05) is 75.9 Å². The Morgan fingerprint density at radius 1 is 1.08 bits per heavy atom. The molecule has 5 aromatic rings. The number of anilines is 2. The molecule has 10 heteroatoms. The average molecular weight is 497 g/mol. The molecule has 0 saturated carbocycles. The maximum absolute atomic E-state index is 13.5. The van der Waals surface area contributed by atoms with Gasteiger partial charge in [0.15, 0.2) is 5.82 Å². The van der Waals surface area contributed by atoms with Gasteiger partial charge in [-0.15, -0.1) is 0 Å². The Kier molecular flexibility index (Phi) is 5.72. The zero-order valence-corrected chi connectivity index (χ0v) is 21.0. The van der Waals surface area contributed by atoms with E-state index in [4.69, 9.17) is 4.74 Å². The van der Waals surface area contributed by atoms with Crippen LogP contribution in [-0.2, 0) is 7.05 Å². The summed E-state index contributed by atoms with van der Waals surface area (Å²) >= 11 is 0. The maximum atomic E-state index is 13.5. The van der Waals surface area contributed by atoms with Crippen molar-refractivity contribution < 1.29 is 9.53 Å². The number of nitrogens with one attached hydrogen (secondary N) is 2. The van der Waals surface area contributed by atoms with Gasteiger partial charge in [-0.1, -0.05) is 18.2 Å². The lowest BCUT2D eigenvalue weighted by atomic mass is 10.1. The number of para-hydroxylation sites is 1. The molecule has 188 valence electrons. The van der Waals surface area contributed by atoms with Gasteiger partial charge in [0.2, 0.25) is 5.65 Å². The number of carbonyl (C=O) groups excluding carboxylic acids is 1. The normalized spacial score (nSPS) is 15.5. The minimum absolute atomic E-state index is 0.292. The second-order valence-electron chi connectivity index (χ2n) is 9.33. The number of benzene rings is 2. The van der Waals surface area contributed by atoms with Gasteiger partial charge in [0, 0.05) is 49.6 Å². The smallest absolute Gasteiger partial charge is 0.265 e. The van der Waals surface area contributed by atoms with Crippen LogP contribution in [0.2, 0.25) is 0 Å². The minimum Gasteiger partial charge on any atom is -0.436 e. The van der Waals surface area contributed by atoms with Gasteiger partial charge in [-0.25, -0.2) is 4.98 Å². The molecular formula is C27H28N8O2. The number of nitrogens with zero attached hydrogens (tertiary/aromatic N) is 6. The largest absolute Gasteiger partial charge is 0.436 e. The molecule has 1 fully saturated rings. The Balaban J connectivity index is 1.34. The van der Waals surface area contributed by atoms with E-state index < -0.39 is 0 Å². The fourth-order valence-electron chi connectivity index (χ4n) is 4.88. The summed E-state index contributed by atoms with van der Waals surface area (Å²) in [6, 6.07) is 13.7. The monoisotopic (exact) mass is 496 g/mol. The number of amides is 1. The van der Waals surface area contributed by atoms with E-state index in [2.05, 4.69) is 30.6 Å². The van der Waals surface area contributed by atoms with Gasteiger partial charge in [0.05, 0.1) is 17.5 Å². The van der Waals surface area contributed by atoms with Gasteiger partial charge < -0.3 is 20.3 Å². The van der Waals surface area contributed by atoms with Crippen LogP contribution in [-0.4, -0.2) is 56.2 Å². The van der Waals surface area contributed by atoms with Gasteiger partial charge in [-0.3, -0.25) is 13.9 Å². The van der Waals surface area contributed by atoms with Gasteiger partial charge >= 0.3 is 0 Å². The van der Waals surface area contributed by atoms with Gasteiger partial charge in [-0.2, -0.15) is 10.1 Å². The molecule has 0 spiro atoms. The highest BCUT2D eigenvalue weighted by molar-refractivity contribution is 6.13. The zero-order chi connectivity index (χ0) is 25.5. The number of ether oxygens (including phenoxy) is 1. The summed E-state index contributed by atoms with van der Waals surface area (Å²) in [4.78, 5) is 24.9. The molecule has 4 heterocycles. The van der Waals surface area contributed by atoms with Crippen molar-refractivity contribution in [2.45, 2.75) is 19.4 Å². The second kappa shape index (κ2) is 9.21. The highest BCUT2D eigenvalue weighted by atomic mass is 16.5. The van der Waals surface area contributed by atoms with Crippen molar-refractivity contribution in [1.82, 2.24) is 29.5 Å². The Hall–Kier alpha value is -4.44. The molecule has 1 aliphatic heterocycles. The van der Waals surface area contributed by atoms with E-state index in [9.17, 15) is 4.79 Å². The molecule has 2 aromatic carbocycles. The highest BCUT2D eigenvalue weighted by Gasteiger charge is 2.25. The average Bonchev–Trinajstić information content (AvgIpc) is 3.61. The first kappa shape index (κ1) is 23.0. The molecule has 3 aromatic heterocycles. The van der Waals surface area contributed by atoms with Crippen molar-refractivity contribution in [1.29, 1.82) is 0 Å². The molecule has 1 atom stereocenters. The van der Waals surface area contributed by atoms with Crippen molar-refractivity contribution in [2.75, 3.05) is 30.4 Å². The third-order valence-corrected chi connectivity index (χ3v) is 6.68. The van der Waals surface area contributed by atoms with Gasteiger partial charge in [0.25, 0.3) is 11.8 Å². The van der Waals surface area contributed by atoms with Crippen LogP contribution in [0.1, 0.15) is 22.5 Å². The Morgan fingerprint density at radius 3 is 2.70 bits per heavy atom. The van der Waals surface area contributed by atoms with Crippen LogP contribution in [0.5, 0.6) is 11.6 Å². The van der Waals surface area contributed by atoms with E-state index in [1.54, 1.807) is 15.3 Å². The predicted molar refractivity (Wildman–Crippen MR) is 143 cm³/mol. The number of hydrogen-bond acceptors (Lipinski definition) is 7. The fraction of sp³-hybridized carbons (Fsp3) is 0.259. The molecule has 2 N–H and O–H groups in total. The molecule has 1 aliphatic rings. The number of imidazole rings is 1. The van der Waals surface area contributed by atoms with E-state index in [0.29, 0.717) is 40.2 Å². The van der Waals surface area contributed by atoms with Crippen molar-refractivity contribution in [3.8, 4) is 11.6 Å². The number of aromatic nitrogens is 5. The lowest BCUT2D eigenvalue weighted by Gasteiger charge is -2.20. The van der Waals surface area contributed by atoms with E-state index in [-0.39, 0.29) is 5.91 Å². The summed E-state index contributed by atoms with van der Waals surface area (Å²) in [6.07, 6.45) is 6.65. The molecular weight excluding hydrogens is 468 g/mol. The Bertz CT molecular complexity index is 1610. The highest BCUT2D eigenvalue weighted by Crippen LogP contribution is 2.32. The Morgan fingerprint density at radius 2 is 1.92 bits per heavy atom. The topological polar surface area (TPSA) is 102 Å². The zero-order valence-electron chi connectivity index (χ0n) is 21.0. The number of rotatable bonds is 6. The third kappa shape index (κ3) is 4.36.